The monoisotopic (exact) mass is 220 g/mol. The average molecular weight is 220 g/mol. The number of aliphatic hydroxyl groups excluding tert-OH is 1. The van der Waals surface area contributed by atoms with Crippen LogP contribution < -0.4 is 0 Å². The van der Waals surface area contributed by atoms with E-state index in [0.717, 1.165) is 0 Å². The SMILES string of the molecule is CC(C)c1ccc(C(C)C(O)C(C)C)cc1. The highest BCUT2D eigenvalue weighted by Crippen LogP contribution is 2.25. The van der Waals surface area contributed by atoms with Crippen LogP contribution in [-0.2, 0) is 0 Å². The Morgan fingerprint density at radius 3 is 1.62 bits per heavy atom. The fourth-order valence-corrected chi connectivity index (χ4v) is 1.96. The third-order valence-corrected chi connectivity index (χ3v) is 3.32. The second-order valence-corrected chi connectivity index (χ2v) is 5.34. The van der Waals surface area contributed by atoms with Crippen molar-refractivity contribution in [2.24, 2.45) is 5.92 Å². The topological polar surface area (TPSA) is 20.2 Å². The van der Waals surface area contributed by atoms with E-state index >= 15 is 0 Å². The summed E-state index contributed by atoms with van der Waals surface area (Å²) in [7, 11) is 0. The Bertz CT molecular complexity index is 311. The van der Waals surface area contributed by atoms with E-state index in [0.29, 0.717) is 11.8 Å². The van der Waals surface area contributed by atoms with Crippen LogP contribution in [0.5, 0.6) is 0 Å². The zero-order chi connectivity index (χ0) is 12.3. The molecule has 2 atom stereocenters. The molecule has 0 heterocycles. The van der Waals surface area contributed by atoms with Crippen molar-refractivity contribution < 1.29 is 5.11 Å². The molecule has 1 aromatic rings. The van der Waals surface area contributed by atoms with Gasteiger partial charge in [-0.25, -0.2) is 0 Å². The lowest BCUT2D eigenvalue weighted by molar-refractivity contribution is 0.102. The van der Waals surface area contributed by atoms with Gasteiger partial charge in [-0.1, -0.05) is 58.9 Å². The normalized spacial score (nSPS) is 15.5. The molecule has 0 spiro atoms. The number of hydrogen-bond donors (Lipinski definition) is 1. The first-order chi connectivity index (χ1) is 7.43. The molecule has 0 aliphatic carbocycles. The molecule has 0 saturated carbocycles. The van der Waals surface area contributed by atoms with Crippen LogP contribution >= 0.6 is 0 Å². The summed E-state index contributed by atoms with van der Waals surface area (Å²) in [6.07, 6.45) is -0.259. The fourth-order valence-electron chi connectivity index (χ4n) is 1.96. The van der Waals surface area contributed by atoms with Crippen LogP contribution in [0.15, 0.2) is 24.3 Å². The smallest absolute Gasteiger partial charge is 0.0628 e. The summed E-state index contributed by atoms with van der Waals surface area (Å²) in [4.78, 5) is 0. The number of hydrogen-bond acceptors (Lipinski definition) is 1. The predicted molar refractivity (Wildman–Crippen MR) is 69.8 cm³/mol. The van der Waals surface area contributed by atoms with E-state index in [1.54, 1.807) is 0 Å². The zero-order valence-corrected chi connectivity index (χ0v) is 11.1. The van der Waals surface area contributed by atoms with Crippen LogP contribution in [0.25, 0.3) is 0 Å². The highest BCUT2D eigenvalue weighted by molar-refractivity contribution is 5.27. The Morgan fingerprint density at radius 2 is 1.25 bits per heavy atom. The molecule has 0 aliphatic heterocycles. The van der Waals surface area contributed by atoms with Crippen molar-refractivity contribution in [1.82, 2.24) is 0 Å². The molecule has 16 heavy (non-hydrogen) atoms. The number of benzene rings is 1. The van der Waals surface area contributed by atoms with E-state index in [1.807, 2.05) is 0 Å². The standard InChI is InChI=1S/C15H24O/c1-10(2)13-6-8-14(9-7-13)12(5)15(16)11(3)4/h6-12,15-16H,1-5H3. The number of aliphatic hydroxyl groups is 1. The molecule has 1 heteroatoms. The van der Waals surface area contributed by atoms with Crippen molar-refractivity contribution in [2.75, 3.05) is 0 Å². The van der Waals surface area contributed by atoms with Crippen molar-refractivity contribution in [2.45, 2.75) is 52.6 Å². The van der Waals surface area contributed by atoms with Gasteiger partial charge < -0.3 is 5.11 Å². The minimum atomic E-state index is -0.259. The van der Waals surface area contributed by atoms with E-state index < -0.39 is 0 Å². The van der Waals surface area contributed by atoms with Crippen LogP contribution in [0, 0.1) is 5.92 Å². The van der Waals surface area contributed by atoms with E-state index in [1.165, 1.54) is 11.1 Å². The summed E-state index contributed by atoms with van der Waals surface area (Å²) in [5.74, 6) is 1.08. The average Bonchev–Trinajstić information content (AvgIpc) is 2.27. The minimum absolute atomic E-state index is 0.209. The van der Waals surface area contributed by atoms with Gasteiger partial charge in [-0.3, -0.25) is 0 Å². The van der Waals surface area contributed by atoms with Crippen molar-refractivity contribution in [1.29, 1.82) is 0 Å². The molecule has 1 nitrogen and oxygen atoms in total. The third-order valence-electron chi connectivity index (χ3n) is 3.32. The van der Waals surface area contributed by atoms with Gasteiger partial charge in [0.2, 0.25) is 0 Å². The van der Waals surface area contributed by atoms with E-state index in [-0.39, 0.29) is 12.0 Å². The highest BCUT2D eigenvalue weighted by atomic mass is 16.3. The summed E-state index contributed by atoms with van der Waals surface area (Å²) in [6, 6.07) is 8.63. The molecule has 0 radical (unpaired) electrons. The Morgan fingerprint density at radius 1 is 0.812 bits per heavy atom. The largest absolute Gasteiger partial charge is 0.392 e. The maximum absolute atomic E-state index is 10.0. The van der Waals surface area contributed by atoms with Crippen LogP contribution in [0.3, 0.4) is 0 Å². The van der Waals surface area contributed by atoms with E-state index in [4.69, 9.17) is 0 Å². The molecule has 0 fully saturated rings. The summed E-state index contributed by atoms with van der Waals surface area (Å²) >= 11 is 0. The Hall–Kier alpha value is -0.820. The van der Waals surface area contributed by atoms with Gasteiger partial charge in [0.25, 0.3) is 0 Å². The Labute approximate surface area is 99.5 Å². The molecule has 0 aromatic heterocycles. The lowest BCUT2D eigenvalue weighted by Gasteiger charge is -2.22. The summed E-state index contributed by atoms with van der Waals surface area (Å²) in [5, 5.41) is 10.0. The molecular weight excluding hydrogens is 196 g/mol. The van der Waals surface area contributed by atoms with Gasteiger partial charge in [0.05, 0.1) is 6.10 Å². The van der Waals surface area contributed by atoms with Crippen molar-refractivity contribution in [3.63, 3.8) is 0 Å². The lowest BCUT2D eigenvalue weighted by atomic mass is 9.88. The second-order valence-electron chi connectivity index (χ2n) is 5.34. The van der Waals surface area contributed by atoms with Crippen molar-refractivity contribution in [3.8, 4) is 0 Å². The Balaban J connectivity index is 2.81. The molecule has 90 valence electrons. The van der Waals surface area contributed by atoms with Gasteiger partial charge in [-0.05, 0) is 23.0 Å². The molecule has 0 bridgehead atoms. The number of rotatable bonds is 4. The van der Waals surface area contributed by atoms with E-state index in [9.17, 15) is 5.11 Å². The maximum Gasteiger partial charge on any atom is 0.0628 e. The maximum atomic E-state index is 10.0. The highest BCUT2D eigenvalue weighted by Gasteiger charge is 2.19. The van der Waals surface area contributed by atoms with Crippen LogP contribution in [0.1, 0.15) is 57.6 Å². The fraction of sp³-hybridized carbons (Fsp3) is 0.600. The molecule has 1 aromatic carbocycles. The van der Waals surface area contributed by atoms with Gasteiger partial charge in [-0.15, -0.1) is 0 Å². The summed E-state index contributed by atoms with van der Waals surface area (Å²) < 4.78 is 0. The predicted octanol–water partition coefficient (Wildman–Crippen LogP) is 3.93. The van der Waals surface area contributed by atoms with Gasteiger partial charge in [-0.2, -0.15) is 0 Å². The van der Waals surface area contributed by atoms with Gasteiger partial charge >= 0.3 is 0 Å². The van der Waals surface area contributed by atoms with Crippen LogP contribution in [0.4, 0.5) is 0 Å². The van der Waals surface area contributed by atoms with Crippen LogP contribution in [0.2, 0.25) is 0 Å². The molecule has 1 rings (SSSR count). The van der Waals surface area contributed by atoms with Crippen molar-refractivity contribution >= 4 is 0 Å². The third kappa shape index (κ3) is 3.08. The first-order valence-electron chi connectivity index (χ1n) is 6.21. The molecule has 0 aliphatic rings. The Kier molecular flexibility index (Phi) is 4.55. The first kappa shape index (κ1) is 13.2. The summed E-state index contributed by atoms with van der Waals surface area (Å²) in [6.45, 7) is 10.6. The minimum Gasteiger partial charge on any atom is -0.392 e. The molecule has 1 N–H and O–H groups in total. The molecule has 0 saturated heterocycles. The molecule has 0 amide bonds. The van der Waals surface area contributed by atoms with Gasteiger partial charge in [0.15, 0.2) is 0 Å². The van der Waals surface area contributed by atoms with Crippen molar-refractivity contribution in [3.05, 3.63) is 35.4 Å². The van der Waals surface area contributed by atoms with Gasteiger partial charge in [0, 0.05) is 5.92 Å². The quantitative estimate of drug-likeness (QED) is 0.815. The first-order valence-corrected chi connectivity index (χ1v) is 6.21. The van der Waals surface area contributed by atoms with Crippen LogP contribution in [-0.4, -0.2) is 11.2 Å². The molecule has 2 unspecified atom stereocenters. The summed E-state index contributed by atoms with van der Waals surface area (Å²) in [5.41, 5.74) is 2.58. The second kappa shape index (κ2) is 5.49. The lowest BCUT2D eigenvalue weighted by Crippen LogP contribution is -2.22. The molecular formula is C15H24O. The zero-order valence-electron chi connectivity index (χ0n) is 11.1. The van der Waals surface area contributed by atoms with Gasteiger partial charge in [0.1, 0.15) is 0 Å². The van der Waals surface area contributed by atoms with E-state index in [2.05, 4.69) is 58.9 Å².